The predicted molar refractivity (Wildman–Crippen MR) is 174 cm³/mol. The van der Waals surface area contributed by atoms with Crippen molar-refractivity contribution in [1.29, 1.82) is 0 Å². The summed E-state index contributed by atoms with van der Waals surface area (Å²) in [6.07, 6.45) is 5.47. The smallest absolute Gasteiger partial charge is 0.281 e. The van der Waals surface area contributed by atoms with Crippen molar-refractivity contribution in [2.45, 2.75) is 38.8 Å². The van der Waals surface area contributed by atoms with E-state index in [9.17, 15) is 9.59 Å². The van der Waals surface area contributed by atoms with Gasteiger partial charge in [-0.05, 0) is 56.5 Å². The molecule has 3 aromatic heterocycles. The Hall–Kier alpha value is -4.09. The standard InChI is InChI=1S/C31H33ClN8O2S/c1-18-15-22(19(2)34-24-9-10-26(32)35-28(24)29(41)37-43-4)27-23(16-18)30(42)38(3)31(36-27)39-13-11-21(12-14-39)40-25-8-6-5-7-20(25)17-33-40/h5-10,15-17,19,21,34H,11-14H2,1-4H3,(H,37,41). The third-order valence-electron chi connectivity index (χ3n) is 8.04. The molecule has 1 amide bonds. The average Bonchev–Trinajstić information content (AvgIpc) is 3.44. The first-order chi connectivity index (χ1) is 20.7. The molecule has 10 nitrogen and oxygen atoms in total. The average molecular weight is 617 g/mol. The van der Waals surface area contributed by atoms with E-state index in [0.29, 0.717) is 22.5 Å². The number of halogens is 1. The lowest BCUT2D eigenvalue weighted by molar-refractivity contribution is 0.0980. The Bertz CT molecular complexity index is 1900. The van der Waals surface area contributed by atoms with Gasteiger partial charge in [0.25, 0.3) is 11.5 Å². The molecule has 2 N–H and O–H groups in total. The molecule has 0 radical (unpaired) electrons. The lowest BCUT2D eigenvalue weighted by Crippen LogP contribution is -2.39. The Labute approximate surface area is 258 Å². The van der Waals surface area contributed by atoms with Crippen molar-refractivity contribution in [3.8, 4) is 0 Å². The minimum Gasteiger partial charge on any atom is -0.377 e. The van der Waals surface area contributed by atoms with Crippen molar-refractivity contribution in [3.63, 3.8) is 0 Å². The molecule has 43 heavy (non-hydrogen) atoms. The second-order valence-electron chi connectivity index (χ2n) is 10.9. The van der Waals surface area contributed by atoms with Crippen molar-refractivity contribution >= 4 is 62.9 Å². The Kier molecular flexibility index (Phi) is 8.02. The van der Waals surface area contributed by atoms with Crippen LogP contribution in [-0.4, -0.2) is 49.6 Å². The minimum atomic E-state index is -0.348. The number of carbonyl (C=O) groups is 1. The lowest BCUT2D eigenvalue weighted by atomic mass is 10.0. The van der Waals surface area contributed by atoms with Gasteiger partial charge in [0.1, 0.15) is 5.15 Å². The maximum absolute atomic E-state index is 13.7. The zero-order valence-corrected chi connectivity index (χ0v) is 26.0. The van der Waals surface area contributed by atoms with E-state index in [0.717, 1.165) is 48.0 Å². The largest absolute Gasteiger partial charge is 0.377 e. The number of nitrogens with one attached hydrogen (secondary N) is 2. The zero-order valence-electron chi connectivity index (χ0n) is 24.5. The fourth-order valence-electron chi connectivity index (χ4n) is 5.92. The van der Waals surface area contributed by atoms with E-state index in [2.05, 4.69) is 41.8 Å². The van der Waals surface area contributed by atoms with E-state index in [4.69, 9.17) is 16.6 Å². The second-order valence-corrected chi connectivity index (χ2v) is 11.9. The van der Waals surface area contributed by atoms with Gasteiger partial charge in [-0.15, -0.1) is 0 Å². The van der Waals surface area contributed by atoms with Gasteiger partial charge in [0.2, 0.25) is 5.95 Å². The number of piperidine rings is 1. The van der Waals surface area contributed by atoms with Gasteiger partial charge in [-0.3, -0.25) is 23.6 Å². The molecule has 1 fully saturated rings. The van der Waals surface area contributed by atoms with Crippen LogP contribution in [0.4, 0.5) is 11.6 Å². The number of carbonyl (C=O) groups excluding carboxylic acids is 1. The van der Waals surface area contributed by atoms with Crippen LogP contribution in [0, 0.1) is 6.92 Å². The van der Waals surface area contributed by atoms with Crippen LogP contribution in [0.25, 0.3) is 21.8 Å². The van der Waals surface area contributed by atoms with Crippen LogP contribution in [0.5, 0.6) is 0 Å². The SMILES string of the molecule is CSNC(=O)c1nc(Cl)ccc1NC(C)c1cc(C)cc2c(=O)n(C)c(N3CCC(n4ncc5ccccc54)CC3)nc12. The van der Waals surface area contributed by atoms with Gasteiger partial charge in [0.15, 0.2) is 5.69 Å². The number of fused-ring (bicyclic) bond motifs is 2. The summed E-state index contributed by atoms with van der Waals surface area (Å²) in [6, 6.07) is 15.6. The molecule has 0 bridgehead atoms. The van der Waals surface area contributed by atoms with E-state index >= 15 is 0 Å². The summed E-state index contributed by atoms with van der Waals surface area (Å²) in [5.41, 5.74) is 4.23. The summed E-state index contributed by atoms with van der Waals surface area (Å²) in [7, 11) is 1.79. The molecular weight excluding hydrogens is 584 g/mol. The summed E-state index contributed by atoms with van der Waals surface area (Å²) in [4.78, 5) is 38.0. The van der Waals surface area contributed by atoms with E-state index in [1.165, 1.54) is 11.9 Å². The van der Waals surface area contributed by atoms with Crippen molar-refractivity contribution < 1.29 is 4.79 Å². The number of hydrogen-bond donors (Lipinski definition) is 2. The van der Waals surface area contributed by atoms with Crippen LogP contribution in [0.2, 0.25) is 5.15 Å². The Morgan fingerprint density at radius 3 is 2.65 bits per heavy atom. The summed E-state index contributed by atoms with van der Waals surface area (Å²) in [5.74, 6) is 0.298. The van der Waals surface area contributed by atoms with Crippen LogP contribution in [0.3, 0.4) is 0 Å². The zero-order chi connectivity index (χ0) is 30.2. The molecule has 1 aliphatic rings. The van der Waals surface area contributed by atoms with Crippen LogP contribution < -0.4 is 20.5 Å². The molecule has 1 atom stereocenters. The Balaban J connectivity index is 1.32. The number of nitrogens with zero attached hydrogens (tertiary/aromatic N) is 6. The van der Waals surface area contributed by atoms with E-state index in [-0.39, 0.29) is 34.4 Å². The highest BCUT2D eigenvalue weighted by molar-refractivity contribution is 7.97. The number of amides is 1. The highest BCUT2D eigenvalue weighted by atomic mass is 35.5. The van der Waals surface area contributed by atoms with Crippen molar-refractivity contribution in [1.82, 2.24) is 29.0 Å². The maximum Gasteiger partial charge on any atom is 0.281 e. The number of para-hydroxylation sites is 1. The molecule has 4 heterocycles. The summed E-state index contributed by atoms with van der Waals surface area (Å²) >= 11 is 7.31. The van der Waals surface area contributed by atoms with Crippen LogP contribution in [0.1, 0.15) is 53.5 Å². The van der Waals surface area contributed by atoms with E-state index in [1.54, 1.807) is 30.0 Å². The monoisotopic (exact) mass is 616 g/mol. The number of aryl methyl sites for hydroxylation is 1. The summed E-state index contributed by atoms with van der Waals surface area (Å²) in [6.45, 7) is 5.46. The van der Waals surface area contributed by atoms with Crippen LogP contribution in [-0.2, 0) is 7.05 Å². The van der Waals surface area contributed by atoms with Crippen molar-refractivity contribution in [2.24, 2.45) is 7.05 Å². The van der Waals surface area contributed by atoms with Gasteiger partial charge in [-0.2, -0.15) is 5.10 Å². The molecule has 5 aromatic rings. The fraction of sp³-hybridized carbons (Fsp3) is 0.323. The Morgan fingerprint density at radius 1 is 1.12 bits per heavy atom. The van der Waals surface area contributed by atoms with Gasteiger partial charge >= 0.3 is 0 Å². The number of benzene rings is 2. The van der Waals surface area contributed by atoms with Gasteiger partial charge in [0, 0.05) is 37.3 Å². The number of anilines is 2. The minimum absolute atomic E-state index is 0.0921. The van der Waals surface area contributed by atoms with E-state index in [1.807, 2.05) is 44.3 Å². The summed E-state index contributed by atoms with van der Waals surface area (Å²) < 4.78 is 6.49. The van der Waals surface area contributed by atoms with Crippen LogP contribution in [0.15, 0.2) is 59.5 Å². The lowest BCUT2D eigenvalue weighted by Gasteiger charge is -2.34. The predicted octanol–water partition coefficient (Wildman–Crippen LogP) is 5.66. The first kappa shape index (κ1) is 29.0. The fourth-order valence-corrected chi connectivity index (χ4v) is 6.35. The summed E-state index contributed by atoms with van der Waals surface area (Å²) in [5, 5.41) is 10.0. The molecule has 0 saturated carbocycles. The number of rotatable bonds is 7. The molecule has 222 valence electrons. The van der Waals surface area contributed by atoms with Crippen molar-refractivity contribution in [3.05, 3.63) is 87.1 Å². The number of aromatic nitrogens is 5. The van der Waals surface area contributed by atoms with Crippen LogP contribution >= 0.6 is 23.5 Å². The normalized spacial score (nSPS) is 14.8. The van der Waals surface area contributed by atoms with Gasteiger partial charge in [-0.25, -0.2) is 9.97 Å². The topological polar surface area (TPSA) is 110 Å². The second kappa shape index (κ2) is 11.9. The first-order valence-electron chi connectivity index (χ1n) is 14.2. The van der Waals surface area contributed by atoms with Gasteiger partial charge in [-0.1, -0.05) is 47.8 Å². The number of pyridine rings is 1. The molecule has 6 rings (SSSR count). The highest BCUT2D eigenvalue weighted by Crippen LogP contribution is 2.31. The first-order valence-corrected chi connectivity index (χ1v) is 15.8. The number of hydrogen-bond acceptors (Lipinski definition) is 8. The Morgan fingerprint density at radius 2 is 1.88 bits per heavy atom. The molecule has 1 saturated heterocycles. The molecule has 1 aliphatic heterocycles. The maximum atomic E-state index is 13.7. The van der Waals surface area contributed by atoms with Gasteiger partial charge in [0.05, 0.1) is 40.4 Å². The quantitative estimate of drug-likeness (QED) is 0.178. The molecule has 12 heteroatoms. The molecule has 2 aromatic carbocycles. The highest BCUT2D eigenvalue weighted by Gasteiger charge is 2.26. The molecule has 0 spiro atoms. The van der Waals surface area contributed by atoms with E-state index < -0.39 is 0 Å². The van der Waals surface area contributed by atoms with Crippen molar-refractivity contribution in [2.75, 3.05) is 29.6 Å². The molecule has 0 aliphatic carbocycles. The third-order valence-corrected chi connectivity index (χ3v) is 8.64. The van der Waals surface area contributed by atoms with Gasteiger partial charge < -0.3 is 10.2 Å². The molecular formula is C31H33ClN8O2S. The molecule has 1 unspecified atom stereocenters. The third kappa shape index (κ3) is 5.54.